The highest BCUT2D eigenvalue weighted by atomic mass is 32.2. The van der Waals surface area contributed by atoms with E-state index in [0.29, 0.717) is 22.4 Å². The Kier molecular flexibility index (Phi) is 3.79. The van der Waals surface area contributed by atoms with Crippen molar-refractivity contribution in [2.24, 2.45) is 0 Å². The van der Waals surface area contributed by atoms with Gasteiger partial charge in [-0.2, -0.15) is 4.98 Å². The zero-order chi connectivity index (χ0) is 13.1. The SMILES string of the molecule is Fc1ccccc1SCc1noc([C@@H]2CCCN2)n1. The van der Waals surface area contributed by atoms with E-state index < -0.39 is 0 Å². The van der Waals surface area contributed by atoms with Crippen molar-refractivity contribution < 1.29 is 8.91 Å². The van der Waals surface area contributed by atoms with Crippen LogP contribution in [-0.2, 0) is 5.75 Å². The van der Waals surface area contributed by atoms with E-state index in [-0.39, 0.29) is 11.9 Å². The number of hydrogen-bond donors (Lipinski definition) is 1. The molecular weight excluding hydrogens is 265 g/mol. The van der Waals surface area contributed by atoms with Gasteiger partial charge < -0.3 is 9.84 Å². The quantitative estimate of drug-likeness (QED) is 0.872. The lowest BCUT2D eigenvalue weighted by atomic mass is 10.2. The predicted molar refractivity (Wildman–Crippen MR) is 70.2 cm³/mol. The number of rotatable bonds is 4. The summed E-state index contributed by atoms with van der Waals surface area (Å²) in [5.74, 6) is 1.55. The summed E-state index contributed by atoms with van der Waals surface area (Å²) in [7, 11) is 0. The first-order valence-electron chi connectivity index (χ1n) is 6.26. The van der Waals surface area contributed by atoms with Crippen LogP contribution in [0.3, 0.4) is 0 Å². The van der Waals surface area contributed by atoms with Crippen LogP contribution in [0.4, 0.5) is 4.39 Å². The smallest absolute Gasteiger partial charge is 0.243 e. The fourth-order valence-corrected chi connectivity index (χ4v) is 2.85. The highest BCUT2D eigenvalue weighted by Crippen LogP contribution is 2.26. The van der Waals surface area contributed by atoms with Gasteiger partial charge in [-0.25, -0.2) is 4.39 Å². The Hall–Kier alpha value is -1.40. The fourth-order valence-electron chi connectivity index (χ4n) is 2.07. The second-order valence-corrected chi connectivity index (χ2v) is 5.43. The van der Waals surface area contributed by atoms with Gasteiger partial charge in [0, 0.05) is 4.90 Å². The van der Waals surface area contributed by atoms with Gasteiger partial charge in [0.2, 0.25) is 5.89 Å². The summed E-state index contributed by atoms with van der Waals surface area (Å²) in [6.45, 7) is 0.992. The van der Waals surface area contributed by atoms with Crippen molar-refractivity contribution in [2.75, 3.05) is 6.54 Å². The molecule has 6 heteroatoms. The van der Waals surface area contributed by atoms with E-state index in [2.05, 4.69) is 15.5 Å². The lowest BCUT2D eigenvalue weighted by molar-refractivity contribution is 0.342. The molecule has 2 heterocycles. The van der Waals surface area contributed by atoms with E-state index in [1.807, 2.05) is 6.07 Å². The van der Waals surface area contributed by atoms with Gasteiger partial charge in [-0.05, 0) is 31.5 Å². The van der Waals surface area contributed by atoms with Crippen LogP contribution in [0.25, 0.3) is 0 Å². The van der Waals surface area contributed by atoms with Gasteiger partial charge in [-0.15, -0.1) is 11.8 Å². The normalized spacial score (nSPS) is 18.9. The number of halogens is 1. The maximum absolute atomic E-state index is 13.4. The van der Waals surface area contributed by atoms with Gasteiger partial charge >= 0.3 is 0 Å². The maximum atomic E-state index is 13.4. The van der Waals surface area contributed by atoms with Crippen molar-refractivity contribution in [1.29, 1.82) is 0 Å². The van der Waals surface area contributed by atoms with E-state index >= 15 is 0 Å². The summed E-state index contributed by atoms with van der Waals surface area (Å²) >= 11 is 1.38. The molecule has 1 saturated heterocycles. The van der Waals surface area contributed by atoms with Crippen LogP contribution in [0, 0.1) is 5.82 Å². The standard InChI is InChI=1S/C13H14FN3OS/c14-9-4-1-2-6-11(9)19-8-12-16-13(18-17-12)10-5-3-7-15-10/h1-2,4,6,10,15H,3,5,7-8H2/t10-/m0/s1. The Bertz CT molecular complexity index is 554. The van der Waals surface area contributed by atoms with Crippen LogP contribution in [0.15, 0.2) is 33.7 Å². The minimum absolute atomic E-state index is 0.180. The highest BCUT2D eigenvalue weighted by Gasteiger charge is 2.22. The molecule has 100 valence electrons. The van der Waals surface area contributed by atoms with Gasteiger partial charge in [0.05, 0.1) is 11.8 Å². The van der Waals surface area contributed by atoms with Crippen molar-refractivity contribution in [3.63, 3.8) is 0 Å². The molecule has 0 unspecified atom stereocenters. The molecular formula is C13H14FN3OS. The summed E-state index contributed by atoms with van der Waals surface area (Å²) in [6, 6.07) is 6.87. The van der Waals surface area contributed by atoms with E-state index in [1.54, 1.807) is 12.1 Å². The molecule has 0 amide bonds. The topological polar surface area (TPSA) is 51.0 Å². The van der Waals surface area contributed by atoms with Crippen molar-refractivity contribution >= 4 is 11.8 Å². The third kappa shape index (κ3) is 2.96. The Morgan fingerprint density at radius 3 is 3.11 bits per heavy atom. The van der Waals surface area contributed by atoms with Crippen molar-refractivity contribution in [2.45, 2.75) is 29.5 Å². The maximum Gasteiger partial charge on any atom is 0.243 e. The second kappa shape index (κ2) is 5.71. The molecule has 0 radical (unpaired) electrons. The molecule has 1 aliphatic rings. The van der Waals surface area contributed by atoms with E-state index in [4.69, 9.17) is 4.52 Å². The molecule has 0 spiro atoms. The third-order valence-corrected chi connectivity index (χ3v) is 4.08. The van der Waals surface area contributed by atoms with Crippen LogP contribution in [0.1, 0.15) is 30.6 Å². The van der Waals surface area contributed by atoms with Crippen LogP contribution in [0.2, 0.25) is 0 Å². The Morgan fingerprint density at radius 2 is 2.32 bits per heavy atom. The number of benzene rings is 1. The molecule has 3 rings (SSSR count). The molecule has 0 bridgehead atoms. The molecule has 0 saturated carbocycles. The second-order valence-electron chi connectivity index (χ2n) is 4.42. The van der Waals surface area contributed by atoms with E-state index in [0.717, 1.165) is 19.4 Å². The average Bonchev–Trinajstić information content (AvgIpc) is 3.09. The summed E-state index contributed by atoms with van der Waals surface area (Å²) in [6.07, 6.45) is 2.16. The van der Waals surface area contributed by atoms with Crippen molar-refractivity contribution in [1.82, 2.24) is 15.5 Å². The lowest BCUT2D eigenvalue weighted by Gasteiger charge is -2.01. The van der Waals surface area contributed by atoms with Crippen LogP contribution >= 0.6 is 11.8 Å². The lowest BCUT2D eigenvalue weighted by Crippen LogP contribution is -2.13. The molecule has 1 atom stereocenters. The number of thioether (sulfide) groups is 1. The third-order valence-electron chi connectivity index (χ3n) is 3.04. The van der Waals surface area contributed by atoms with Crippen LogP contribution in [-0.4, -0.2) is 16.7 Å². The molecule has 2 aromatic rings. The van der Waals surface area contributed by atoms with E-state index in [1.165, 1.54) is 17.8 Å². The largest absolute Gasteiger partial charge is 0.338 e. The average molecular weight is 279 g/mol. The minimum Gasteiger partial charge on any atom is -0.338 e. The number of aromatic nitrogens is 2. The zero-order valence-corrected chi connectivity index (χ0v) is 11.1. The van der Waals surface area contributed by atoms with Gasteiger partial charge in [-0.1, -0.05) is 17.3 Å². The van der Waals surface area contributed by atoms with Gasteiger partial charge in [0.1, 0.15) is 5.82 Å². The summed E-state index contributed by atoms with van der Waals surface area (Å²) < 4.78 is 18.7. The molecule has 4 nitrogen and oxygen atoms in total. The van der Waals surface area contributed by atoms with Gasteiger partial charge in [0.15, 0.2) is 5.82 Å². The van der Waals surface area contributed by atoms with Crippen LogP contribution in [0.5, 0.6) is 0 Å². The Morgan fingerprint density at radius 1 is 1.42 bits per heavy atom. The molecule has 1 N–H and O–H groups in total. The monoisotopic (exact) mass is 279 g/mol. The summed E-state index contributed by atoms with van der Waals surface area (Å²) in [4.78, 5) is 4.96. The first-order chi connectivity index (χ1) is 9.33. The molecule has 19 heavy (non-hydrogen) atoms. The minimum atomic E-state index is -0.214. The molecule has 1 fully saturated rings. The summed E-state index contributed by atoms with van der Waals surface area (Å²) in [5, 5.41) is 7.24. The Balaban J connectivity index is 1.63. The van der Waals surface area contributed by atoms with E-state index in [9.17, 15) is 4.39 Å². The first kappa shape index (κ1) is 12.6. The molecule has 1 aliphatic heterocycles. The molecule has 0 aliphatic carbocycles. The first-order valence-corrected chi connectivity index (χ1v) is 7.24. The number of nitrogens with one attached hydrogen (secondary N) is 1. The Labute approximate surface area is 114 Å². The van der Waals surface area contributed by atoms with Crippen molar-refractivity contribution in [3.05, 3.63) is 41.8 Å². The predicted octanol–water partition coefficient (Wildman–Crippen LogP) is 2.93. The highest BCUT2D eigenvalue weighted by molar-refractivity contribution is 7.98. The molecule has 1 aromatic heterocycles. The number of hydrogen-bond acceptors (Lipinski definition) is 5. The van der Waals surface area contributed by atoms with Crippen molar-refractivity contribution in [3.8, 4) is 0 Å². The number of nitrogens with zero attached hydrogens (tertiary/aromatic N) is 2. The van der Waals surface area contributed by atoms with Gasteiger partial charge in [0.25, 0.3) is 0 Å². The molecule has 1 aromatic carbocycles. The zero-order valence-electron chi connectivity index (χ0n) is 10.3. The van der Waals surface area contributed by atoms with Crippen LogP contribution < -0.4 is 5.32 Å². The van der Waals surface area contributed by atoms with Gasteiger partial charge in [-0.3, -0.25) is 0 Å². The fraction of sp³-hybridized carbons (Fsp3) is 0.385. The summed E-state index contributed by atoms with van der Waals surface area (Å²) in [5.41, 5.74) is 0.